The Bertz CT molecular complexity index is 1180. The predicted molar refractivity (Wildman–Crippen MR) is 140 cm³/mol. The number of carbonyl (C=O) groups is 2. The second-order valence-corrected chi connectivity index (χ2v) is 9.52. The molecular formula is C28H33FN2O4S. The van der Waals surface area contributed by atoms with Crippen LogP contribution in [-0.2, 0) is 17.8 Å². The zero-order valence-electron chi connectivity index (χ0n) is 21.3. The van der Waals surface area contributed by atoms with Gasteiger partial charge in [0, 0.05) is 23.5 Å². The summed E-state index contributed by atoms with van der Waals surface area (Å²) >= 11 is 1.61. The molecule has 6 nitrogen and oxygen atoms in total. The largest absolute Gasteiger partial charge is 0.493 e. The molecule has 3 rings (SSSR count). The number of benzene rings is 2. The van der Waals surface area contributed by atoms with E-state index in [1.165, 1.54) is 23.1 Å². The van der Waals surface area contributed by atoms with Crippen molar-refractivity contribution in [2.24, 2.45) is 0 Å². The summed E-state index contributed by atoms with van der Waals surface area (Å²) in [6.07, 6.45) is 1.30. The minimum absolute atomic E-state index is 0.0699. The lowest BCUT2D eigenvalue weighted by atomic mass is 10.1. The number of rotatable bonds is 12. The van der Waals surface area contributed by atoms with Gasteiger partial charge in [0.15, 0.2) is 11.5 Å². The first kappa shape index (κ1) is 27.2. The quantitative estimate of drug-likeness (QED) is 0.329. The Balaban J connectivity index is 1.79. The van der Waals surface area contributed by atoms with Crippen LogP contribution in [0.3, 0.4) is 0 Å². The van der Waals surface area contributed by atoms with Crippen LogP contribution in [0.25, 0.3) is 0 Å². The molecule has 1 heterocycles. The Morgan fingerprint density at radius 1 is 0.972 bits per heavy atom. The van der Waals surface area contributed by atoms with Crippen LogP contribution in [-0.4, -0.2) is 55.5 Å². The van der Waals surface area contributed by atoms with Crippen LogP contribution in [0.2, 0.25) is 0 Å². The highest BCUT2D eigenvalue weighted by atomic mass is 32.1. The zero-order valence-corrected chi connectivity index (χ0v) is 22.1. The fraction of sp³-hybridized carbons (Fsp3) is 0.357. The third-order valence-electron chi connectivity index (χ3n) is 5.95. The van der Waals surface area contributed by atoms with Crippen molar-refractivity contribution in [2.75, 3.05) is 33.9 Å². The molecule has 0 saturated carbocycles. The molecule has 8 heteroatoms. The molecule has 0 aliphatic heterocycles. The number of hydrogen-bond acceptors (Lipinski definition) is 5. The summed E-state index contributed by atoms with van der Waals surface area (Å²) in [6.45, 7) is 5.24. The lowest BCUT2D eigenvalue weighted by Gasteiger charge is -2.28. The second kappa shape index (κ2) is 13.1. The molecule has 0 unspecified atom stereocenters. The summed E-state index contributed by atoms with van der Waals surface area (Å²) in [5.41, 5.74) is 2.38. The summed E-state index contributed by atoms with van der Waals surface area (Å²) in [6, 6.07) is 13.3. The molecule has 2 aromatic carbocycles. The van der Waals surface area contributed by atoms with Crippen LogP contribution < -0.4 is 9.47 Å². The number of aryl methyl sites for hydroxylation is 1. The van der Waals surface area contributed by atoms with E-state index in [-0.39, 0.29) is 23.9 Å². The number of thiophene rings is 1. The third kappa shape index (κ3) is 7.07. The fourth-order valence-corrected chi connectivity index (χ4v) is 4.84. The van der Waals surface area contributed by atoms with Gasteiger partial charge < -0.3 is 19.3 Å². The molecule has 0 radical (unpaired) electrons. The van der Waals surface area contributed by atoms with Gasteiger partial charge in [-0.3, -0.25) is 9.59 Å². The van der Waals surface area contributed by atoms with Gasteiger partial charge >= 0.3 is 0 Å². The number of methoxy groups -OCH3 is 2. The lowest BCUT2D eigenvalue weighted by molar-refractivity contribution is -0.132. The highest BCUT2D eigenvalue weighted by Crippen LogP contribution is 2.28. The van der Waals surface area contributed by atoms with E-state index in [0.29, 0.717) is 44.0 Å². The summed E-state index contributed by atoms with van der Waals surface area (Å²) in [4.78, 5) is 31.0. The number of carbonyl (C=O) groups excluding carboxylic acids is 2. The van der Waals surface area contributed by atoms with E-state index in [2.05, 4.69) is 0 Å². The van der Waals surface area contributed by atoms with E-state index < -0.39 is 5.82 Å². The van der Waals surface area contributed by atoms with E-state index in [1.807, 2.05) is 43.5 Å². The third-order valence-corrected chi connectivity index (χ3v) is 6.96. The van der Waals surface area contributed by atoms with Gasteiger partial charge in [-0.2, -0.15) is 0 Å². The van der Waals surface area contributed by atoms with E-state index >= 15 is 0 Å². The molecule has 0 aliphatic carbocycles. The van der Waals surface area contributed by atoms with Gasteiger partial charge in [0.1, 0.15) is 12.4 Å². The summed E-state index contributed by atoms with van der Waals surface area (Å²) in [5.74, 6) is 0.304. The van der Waals surface area contributed by atoms with Crippen molar-refractivity contribution in [2.45, 2.75) is 33.2 Å². The Kier molecular flexibility index (Phi) is 9.87. The van der Waals surface area contributed by atoms with Gasteiger partial charge in [-0.15, -0.1) is 11.3 Å². The van der Waals surface area contributed by atoms with E-state index in [0.717, 1.165) is 16.0 Å². The van der Waals surface area contributed by atoms with Crippen molar-refractivity contribution in [3.63, 3.8) is 0 Å². The lowest BCUT2D eigenvalue weighted by Crippen LogP contribution is -2.43. The first-order valence-electron chi connectivity index (χ1n) is 11.9. The number of hydrogen-bond donors (Lipinski definition) is 0. The van der Waals surface area contributed by atoms with Crippen LogP contribution in [0.1, 0.15) is 39.7 Å². The molecule has 2 amide bonds. The van der Waals surface area contributed by atoms with Crippen molar-refractivity contribution < 1.29 is 23.5 Å². The number of ether oxygens (including phenoxy) is 2. The minimum atomic E-state index is -0.478. The van der Waals surface area contributed by atoms with Gasteiger partial charge in [0.2, 0.25) is 5.91 Å². The van der Waals surface area contributed by atoms with Gasteiger partial charge in [0.05, 0.1) is 20.8 Å². The number of amides is 2. The maximum absolute atomic E-state index is 13.7. The Morgan fingerprint density at radius 2 is 1.75 bits per heavy atom. The molecule has 0 atom stereocenters. The summed E-state index contributed by atoms with van der Waals surface area (Å²) < 4.78 is 24.5. The highest BCUT2D eigenvalue weighted by Gasteiger charge is 2.23. The average molecular weight is 513 g/mol. The van der Waals surface area contributed by atoms with Crippen LogP contribution in [0.5, 0.6) is 11.5 Å². The van der Waals surface area contributed by atoms with Crippen molar-refractivity contribution in [3.05, 3.63) is 81.3 Å². The molecule has 3 aromatic rings. The van der Waals surface area contributed by atoms with Crippen molar-refractivity contribution in [1.82, 2.24) is 9.80 Å². The van der Waals surface area contributed by atoms with Crippen molar-refractivity contribution >= 4 is 23.2 Å². The van der Waals surface area contributed by atoms with Gasteiger partial charge in [0.25, 0.3) is 5.91 Å². The maximum atomic E-state index is 13.7. The van der Waals surface area contributed by atoms with E-state index in [4.69, 9.17) is 9.47 Å². The van der Waals surface area contributed by atoms with Gasteiger partial charge in [-0.25, -0.2) is 4.39 Å². The molecule has 0 saturated heterocycles. The summed E-state index contributed by atoms with van der Waals surface area (Å²) in [5, 5.41) is 2.01. The molecule has 0 aliphatic rings. The number of halogens is 1. The Hall–Kier alpha value is -3.39. The monoisotopic (exact) mass is 512 g/mol. The van der Waals surface area contributed by atoms with Crippen LogP contribution >= 0.6 is 11.3 Å². The molecule has 1 aromatic heterocycles. The Labute approximate surface area is 216 Å². The fourth-order valence-electron chi connectivity index (χ4n) is 3.92. The van der Waals surface area contributed by atoms with E-state index in [1.54, 1.807) is 36.5 Å². The maximum Gasteiger partial charge on any atom is 0.254 e. The molecule has 36 heavy (non-hydrogen) atoms. The van der Waals surface area contributed by atoms with Crippen LogP contribution in [0, 0.1) is 12.7 Å². The van der Waals surface area contributed by atoms with Gasteiger partial charge in [-0.05, 0) is 72.7 Å². The predicted octanol–water partition coefficient (Wildman–Crippen LogP) is 5.34. The molecular weight excluding hydrogens is 479 g/mol. The van der Waals surface area contributed by atoms with Crippen LogP contribution in [0.15, 0.2) is 53.9 Å². The SMILES string of the molecule is CCCN(CC(=O)N(CCc1ccc(OC)c(OC)c1)Cc1sccc1C)C(=O)c1cccc(F)c1. The van der Waals surface area contributed by atoms with Crippen molar-refractivity contribution in [3.8, 4) is 11.5 Å². The zero-order chi connectivity index (χ0) is 26.1. The normalized spacial score (nSPS) is 10.7. The molecule has 0 spiro atoms. The van der Waals surface area contributed by atoms with Crippen LogP contribution in [0.4, 0.5) is 4.39 Å². The molecule has 0 fully saturated rings. The summed E-state index contributed by atoms with van der Waals surface area (Å²) in [7, 11) is 3.18. The first-order valence-corrected chi connectivity index (χ1v) is 12.8. The average Bonchev–Trinajstić information content (AvgIpc) is 3.29. The second-order valence-electron chi connectivity index (χ2n) is 8.52. The van der Waals surface area contributed by atoms with E-state index in [9.17, 15) is 14.0 Å². The smallest absolute Gasteiger partial charge is 0.254 e. The molecule has 192 valence electrons. The highest BCUT2D eigenvalue weighted by molar-refractivity contribution is 7.10. The number of nitrogens with zero attached hydrogens (tertiary/aromatic N) is 2. The van der Waals surface area contributed by atoms with Gasteiger partial charge in [-0.1, -0.05) is 19.1 Å². The molecule has 0 N–H and O–H groups in total. The molecule has 0 bridgehead atoms. The minimum Gasteiger partial charge on any atom is -0.493 e. The Morgan fingerprint density at radius 3 is 2.39 bits per heavy atom. The van der Waals surface area contributed by atoms with Crippen molar-refractivity contribution in [1.29, 1.82) is 0 Å². The first-order chi connectivity index (χ1) is 17.4. The topological polar surface area (TPSA) is 59.1 Å². The standard InChI is InChI=1S/C28H33FN2O4S/c1-5-13-31(28(33)22-7-6-8-23(29)17-22)19-27(32)30(18-26-20(2)12-15-36-26)14-11-21-9-10-24(34-3)25(16-21)35-4/h6-10,12,15-17H,5,11,13-14,18-19H2,1-4H3.